The Kier molecular flexibility index (Phi) is 7.78. The molecule has 0 aliphatic heterocycles. The SMILES string of the molecule is COc1c(OCc2ccccc2)cc(CN(CCO)C(=O)OC(C)(C)C)nc1F. The van der Waals surface area contributed by atoms with Gasteiger partial charge < -0.3 is 19.3 Å². The van der Waals surface area contributed by atoms with Gasteiger partial charge in [0.2, 0.25) is 5.75 Å². The van der Waals surface area contributed by atoms with Crippen molar-refractivity contribution in [1.29, 1.82) is 0 Å². The molecular weight excluding hydrogens is 379 g/mol. The lowest BCUT2D eigenvalue weighted by Gasteiger charge is -2.27. The third kappa shape index (κ3) is 6.90. The highest BCUT2D eigenvalue weighted by atomic mass is 19.1. The summed E-state index contributed by atoms with van der Waals surface area (Å²) in [5.74, 6) is -0.788. The maximum absolute atomic E-state index is 14.4. The van der Waals surface area contributed by atoms with Crippen LogP contribution in [0.25, 0.3) is 0 Å². The van der Waals surface area contributed by atoms with Crippen molar-refractivity contribution in [3.8, 4) is 11.5 Å². The molecule has 29 heavy (non-hydrogen) atoms. The van der Waals surface area contributed by atoms with Crippen LogP contribution in [0.5, 0.6) is 11.5 Å². The minimum Gasteiger partial charge on any atom is -0.489 e. The highest BCUT2D eigenvalue weighted by Crippen LogP contribution is 2.31. The second-order valence-corrected chi connectivity index (χ2v) is 7.34. The number of carbonyl (C=O) groups is 1. The molecule has 2 rings (SSSR count). The van der Waals surface area contributed by atoms with Gasteiger partial charge in [0.05, 0.1) is 26.0 Å². The van der Waals surface area contributed by atoms with E-state index in [-0.39, 0.29) is 43.5 Å². The first kappa shape index (κ1) is 22.4. The molecule has 0 atom stereocenters. The number of halogens is 1. The zero-order chi connectivity index (χ0) is 21.4. The Morgan fingerprint density at radius 2 is 1.93 bits per heavy atom. The maximum Gasteiger partial charge on any atom is 0.410 e. The molecule has 2 aromatic rings. The highest BCUT2D eigenvalue weighted by molar-refractivity contribution is 5.68. The summed E-state index contributed by atoms with van der Waals surface area (Å²) >= 11 is 0. The quantitative estimate of drug-likeness (QED) is 0.676. The van der Waals surface area contributed by atoms with Gasteiger partial charge in [-0.25, -0.2) is 9.78 Å². The van der Waals surface area contributed by atoms with Crippen molar-refractivity contribution in [3.63, 3.8) is 0 Å². The number of aliphatic hydroxyl groups is 1. The molecule has 1 heterocycles. The van der Waals surface area contributed by atoms with Crippen LogP contribution in [0.2, 0.25) is 0 Å². The average Bonchev–Trinajstić information content (AvgIpc) is 2.65. The molecule has 0 spiro atoms. The molecule has 1 aromatic heterocycles. The second-order valence-electron chi connectivity index (χ2n) is 7.34. The third-order valence-electron chi connectivity index (χ3n) is 3.77. The monoisotopic (exact) mass is 406 g/mol. The molecule has 8 heteroatoms. The first-order chi connectivity index (χ1) is 13.7. The van der Waals surface area contributed by atoms with Gasteiger partial charge in [-0.2, -0.15) is 4.39 Å². The van der Waals surface area contributed by atoms with Gasteiger partial charge in [0.25, 0.3) is 5.95 Å². The summed E-state index contributed by atoms with van der Waals surface area (Å²) in [4.78, 5) is 17.5. The summed E-state index contributed by atoms with van der Waals surface area (Å²) in [5.41, 5.74) is 0.447. The van der Waals surface area contributed by atoms with E-state index >= 15 is 0 Å². The fourth-order valence-electron chi connectivity index (χ4n) is 2.51. The summed E-state index contributed by atoms with van der Waals surface area (Å²) in [7, 11) is 1.33. The normalized spacial score (nSPS) is 11.1. The number of hydrogen-bond acceptors (Lipinski definition) is 6. The molecule has 0 radical (unpaired) electrons. The summed E-state index contributed by atoms with van der Waals surface area (Å²) in [6, 6.07) is 10.9. The predicted molar refractivity (Wildman–Crippen MR) is 105 cm³/mol. The molecule has 1 N–H and O–H groups in total. The number of pyridine rings is 1. The van der Waals surface area contributed by atoms with Crippen LogP contribution < -0.4 is 9.47 Å². The van der Waals surface area contributed by atoms with Gasteiger partial charge in [0, 0.05) is 12.6 Å². The van der Waals surface area contributed by atoms with Crippen LogP contribution in [0, 0.1) is 5.95 Å². The number of amides is 1. The Hall–Kier alpha value is -2.87. The van der Waals surface area contributed by atoms with Crippen LogP contribution in [0.1, 0.15) is 32.0 Å². The van der Waals surface area contributed by atoms with Crippen LogP contribution in [-0.4, -0.2) is 46.9 Å². The molecule has 1 amide bonds. The Morgan fingerprint density at radius 1 is 1.24 bits per heavy atom. The fourth-order valence-corrected chi connectivity index (χ4v) is 2.51. The van der Waals surface area contributed by atoms with Gasteiger partial charge in [0.15, 0.2) is 5.75 Å². The van der Waals surface area contributed by atoms with Gasteiger partial charge in [0.1, 0.15) is 12.2 Å². The van der Waals surface area contributed by atoms with Crippen molar-refractivity contribution in [2.45, 2.75) is 39.5 Å². The van der Waals surface area contributed by atoms with E-state index < -0.39 is 17.6 Å². The van der Waals surface area contributed by atoms with Gasteiger partial charge in [-0.1, -0.05) is 30.3 Å². The number of carbonyl (C=O) groups excluding carboxylic acids is 1. The number of nitrogens with zero attached hydrogens (tertiary/aromatic N) is 2. The van der Waals surface area contributed by atoms with Crippen LogP contribution in [0.3, 0.4) is 0 Å². The average molecular weight is 406 g/mol. The molecule has 0 saturated heterocycles. The molecule has 158 valence electrons. The minimum atomic E-state index is -0.846. The first-order valence-electron chi connectivity index (χ1n) is 9.22. The molecule has 7 nitrogen and oxygen atoms in total. The van der Waals surface area contributed by atoms with Crippen LogP contribution in [0.4, 0.5) is 9.18 Å². The van der Waals surface area contributed by atoms with Gasteiger partial charge in [-0.15, -0.1) is 0 Å². The number of ether oxygens (including phenoxy) is 3. The Morgan fingerprint density at radius 3 is 2.52 bits per heavy atom. The zero-order valence-electron chi connectivity index (χ0n) is 17.1. The number of benzene rings is 1. The van der Waals surface area contributed by atoms with Gasteiger partial charge >= 0.3 is 6.09 Å². The van der Waals surface area contributed by atoms with Crippen molar-refractivity contribution in [2.75, 3.05) is 20.3 Å². The lowest BCUT2D eigenvalue weighted by atomic mass is 10.2. The largest absolute Gasteiger partial charge is 0.489 e. The van der Waals surface area contributed by atoms with Crippen LogP contribution >= 0.6 is 0 Å². The molecular formula is C21H27FN2O5. The summed E-state index contributed by atoms with van der Waals surface area (Å²) in [6.45, 7) is 5.12. The predicted octanol–water partition coefficient (Wildman–Crippen LogP) is 3.54. The van der Waals surface area contributed by atoms with Crippen LogP contribution in [-0.2, 0) is 17.9 Å². The Labute approximate surface area is 170 Å². The molecule has 0 aliphatic carbocycles. The van der Waals surface area contributed by atoms with E-state index in [1.54, 1.807) is 20.8 Å². The van der Waals surface area contributed by atoms with E-state index in [1.807, 2.05) is 30.3 Å². The first-order valence-corrected chi connectivity index (χ1v) is 9.22. The summed E-state index contributed by atoms with van der Waals surface area (Å²) in [6.07, 6.45) is -0.628. The fraction of sp³-hybridized carbons (Fsp3) is 0.429. The number of aromatic nitrogens is 1. The number of aliphatic hydroxyl groups excluding tert-OH is 1. The standard InChI is InChI=1S/C21H27FN2O5/c1-21(2,3)29-20(26)24(10-11-25)13-16-12-17(18(27-4)19(22)23-16)28-14-15-8-6-5-7-9-15/h5-9,12,25H,10-11,13-14H2,1-4H3. The van der Waals surface area contributed by atoms with Crippen molar-refractivity contribution in [1.82, 2.24) is 9.88 Å². The number of methoxy groups -OCH3 is 1. The topological polar surface area (TPSA) is 81.1 Å². The molecule has 0 unspecified atom stereocenters. The van der Waals surface area contributed by atoms with Crippen molar-refractivity contribution in [2.24, 2.45) is 0 Å². The minimum absolute atomic E-state index is 0.0183. The number of hydrogen-bond donors (Lipinski definition) is 1. The van der Waals surface area contributed by atoms with Crippen LogP contribution in [0.15, 0.2) is 36.4 Å². The molecule has 0 bridgehead atoms. The number of rotatable bonds is 8. The summed E-state index contributed by atoms with van der Waals surface area (Å²) < 4.78 is 30.6. The molecule has 0 fully saturated rings. The van der Waals surface area contributed by atoms with E-state index in [1.165, 1.54) is 18.1 Å². The lowest BCUT2D eigenvalue weighted by Crippen LogP contribution is -2.38. The Balaban J connectivity index is 2.22. The van der Waals surface area contributed by atoms with Crippen molar-refractivity contribution < 1.29 is 28.5 Å². The van der Waals surface area contributed by atoms with Crippen molar-refractivity contribution in [3.05, 3.63) is 53.6 Å². The molecule has 0 saturated carbocycles. The lowest BCUT2D eigenvalue weighted by molar-refractivity contribution is 0.0198. The van der Waals surface area contributed by atoms with Gasteiger partial charge in [-0.05, 0) is 26.3 Å². The zero-order valence-corrected chi connectivity index (χ0v) is 17.1. The van der Waals surface area contributed by atoms with Crippen molar-refractivity contribution >= 4 is 6.09 Å². The van der Waals surface area contributed by atoms with E-state index in [2.05, 4.69) is 4.98 Å². The molecule has 1 aromatic carbocycles. The van der Waals surface area contributed by atoms with E-state index in [4.69, 9.17) is 14.2 Å². The molecule has 0 aliphatic rings. The summed E-state index contributed by atoms with van der Waals surface area (Å²) in [5, 5.41) is 9.27. The highest BCUT2D eigenvalue weighted by Gasteiger charge is 2.24. The van der Waals surface area contributed by atoms with E-state index in [0.29, 0.717) is 0 Å². The second kappa shape index (κ2) is 10.1. The van der Waals surface area contributed by atoms with Gasteiger partial charge in [-0.3, -0.25) is 4.90 Å². The third-order valence-corrected chi connectivity index (χ3v) is 3.77. The Bertz CT molecular complexity index is 809. The van der Waals surface area contributed by atoms with E-state index in [0.717, 1.165) is 5.56 Å². The smallest absolute Gasteiger partial charge is 0.410 e. The maximum atomic E-state index is 14.4. The van der Waals surface area contributed by atoms with E-state index in [9.17, 15) is 14.3 Å².